The molecule has 0 unspecified atom stereocenters. The number of fused-ring (bicyclic) bond motifs is 1. The van der Waals surface area contributed by atoms with E-state index in [1.807, 2.05) is 31.0 Å². The third-order valence-corrected chi connectivity index (χ3v) is 6.65. The minimum atomic E-state index is -0.691. The maximum Gasteiger partial charge on any atom is 0.233 e. The molecular weight excluding hydrogens is 507 g/mol. The van der Waals surface area contributed by atoms with Gasteiger partial charge < -0.3 is 25.4 Å². The average molecular weight is 533 g/mol. The van der Waals surface area contributed by atoms with E-state index in [0.717, 1.165) is 21.3 Å². The number of amides is 2. The first-order valence-electron chi connectivity index (χ1n) is 11.5. The fraction of sp³-hybridized carbons (Fsp3) is 0.107. The largest absolute Gasteiger partial charge is 0.506 e. The van der Waals surface area contributed by atoms with Gasteiger partial charge in [-0.1, -0.05) is 24.8 Å². The van der Waals surface area contributed by atoms with Crippen LogP contribution in [-0.4, -0.2) is 33.9 Å². The van der Waals surface area contributed by atoms with Crippen LogP contribution in [-0.2, 0) is 9.59 Å². The van der Waals surface area contributed by atoms with Crippen LogP contribution in [0.15, 0.2) is 79.6 Å². The number of carbonyl (C=O) groups is 2. The number of hydrogen-bond donors (Lipinski definition) is 3. The van der Waals surface area contributed by atoms with E-state index in [1.165, 1.54) is 35.6 Å². The van der Waals surface area contributed by atoms with E-state index in [9.17, 15) is 19.1 Å². The number of carbonyl (C=O) groups excluding carboxylic acids is 2. The monoisotopic (exact) mass is 532 g/mol. The second-order valence-corrected chi connectivity index (χ2v) is 9.19. The molecule has 4 rings (SSSR count). The van der Waals surface area contributed by atoms with Gasteiger partial charge in [0.2, 0.25) is 11.8 Å². The highest BCUT2D eigenvalue weighted by Gasteiger charge is 2.16. The Morgan fingerprint density at radius 1 is 1.13 bits per heavy atom. The van der Waals surface area contributed by atoms with Crippen molar-refractivity contribution in [1.82, 2.24) is 9.88 Å². The van der Waals surface area contributed by atoms with Gasteiger partial charge in [-0.05, 0) is 43.5 Å². The molecule has 2 amide bonds. The molecule has 8 nitrogen and oxygen atoms in total. The van der Waals surface area contributed by atoms with Crippen LogP contribution < -0.4 is 15.4 Å². The Hall–Kier alpha value is -4.70. The maximum absolute atomic E-state index is 14.9. The molecule has 0 saturated carbocycles. The summed E-state index contributed by atoms with van der Waals surface area (Å²) >= 11 is 1.47. The molecule has 0 atom stereocenters. The molecule has 38 heavy (non-hydrogen) atoms. The Morgan fingerprint density at radius 2 is 1.89 bits per heavy atom. The molecule has 2 aromatic carbocycles. The molecule has 0 spiro atoms. The van der Waals surface area contributed by atoms with Gasteiger partial charge in [0.15, 0.2) is 11.6 Å². The Labute approximate surface area is 222 Å². The second-order valence-electron chi connectivity index (χ2n) is 8.14. The number of phenolic OH excluding ortho intramolecular Hbond substituents is 1. The van der Waals surface area contributed by atoms with Crippen molar-refractivity contribution in [1.29, 1.82) is 0 Å². The predicted octanol–water partition coefficient (Wildman–Crippen LogP) is 6.34. The summed E-state index contributed by atoms with van der Waals surface area (Å²) in [6, 6.07) is 13.8. The molecule has 0 aliphatic carbocycles. The molecule has 0 saturated heterocycles. The molecule has 3 N–H and O–H groups in total. The summed E-state index contributed by atoms with van der Waals surface area (Å²) in [5.41, 5.74) is 2.02. The lowest BCUT2D eigenvalue weighted by molar-refractivity contribution is -0.123. The van der Waals surface area contributed by atoms with Gasteiger partial charge in [-0.3, -0.25) is 14.6 Å². The lowest BCUT2D eigenvalue weighted by Gasteiger charge is -2.15. The molecule has 0 aliphatic heterocycles. The van der Waals surface area contributed by atoms with Gasteiger partial charge in [-0.25, -0.2) is 4.39 Å². The molecule has 4 aromatic rings. The van der Waals surface area contributed by atoms with Crippen LogP contribution in [0.2, 0.25) is 0 Å². The highest BCUT2D eigenvalue weighted by atomic mass is 32.1. The van der Waals surface area contributed by atoms with Gasteiger partial charge in [-0.2, -0.15) is 0 Å². The summed E-state index contributed by atoms with van der Waals surface area (Å²) in [5, 5.41) is 14.7. The number of ether oxygens (including phenoxy) is 1. The number of rotatable bonds is 9. The number of phenols is 1. The van der Waals surface area contributed by atoms with E-state index in [1.54, 1.807) is 30.6 Å². The predicted molar refractivity (Wildman–Crippen MR) is 148 cm³/mol. The van der Waals surface area contributed by atoms with Crippen molar-refractivity contribution in [3.8, 4) is 17.2 Å². The summed E-state index contributed by atoms with van der Waals surface area (Å²) in [6.45, 7) is 5.73. The fourth-order valence-corrected chi connectivity index (χ4v) is 4.83. The van der Waals surface area contributed by atoms with Crippen LogP contribution in [0.4, 0.5) is 15.8 Å². The Kier molecular flexibility index (Phi) is 8.03. The van der Waals surface area contributed by atoms with Gasteiger partial charge in [0.05, 0.1) is 26.5 Å². The first-order chi connectivity index (χ1) is 18.3. The smallest absolute Gasteiger partial charge is 0.233 e. The van der Waals surface area contributed by atoms with E-state index in [2.05, 4.69) is 22.2 Å². The van der Waals surface area contributed by atoms with Gasteiger partial charge in [0.25, 0.3) is 0 Å². The number of allylic oxidation sites excluding steroid dienone is 1. The molecule has 10 heteroatoms. The SMILES string of the molecule is C=CN(C)/C(=C\C)c1cc2nccc(Oc3ccc(NC(=O)CC(=O)Nc4ccccc4O)cc3F)c2s1. The number of thiophene rings is 1. The van der Waals surface area contributed by atoms with Crippen LogP contribution in [0.3, 0.4) is 0 Å². The number of halogens is 1. The van der Waals surface area contributed by atoms with Gasteiger partial charge in [0, 0.05) is 31.1 Å². The van der Waals surface area contributed by atoms with Crippen LogP contribution in [0.5, 0.6) is 17.2 Å². The number of benzene rings is 2. The minimum absolute atomic E-state index is 0.0304. The highest BCUT2D eigenvalue weighted by molar-refractivity contribution is 7.20. The number of pyridine rings is 1. The van der Waals surface area contributed by atoms with Crippen molar-refractivity contribution < 1.29 is 23.8 Å². The van der Waals surface area contributed by atoms with Crippen LogP contribution in [0, 0.1) is 5.82 Å². The summed E-state index contributed by atoms with van der Waals surface area (Å²) in [4.78, 5) is 31.7. The van der Waals surface area contributed by atoms with E-state index in [0.29, 0.717) is 11.3 Å². The normalized spacial score (nSPS) is 11.2. The number of nitrogens with zero attached hydrogens (tertiary/aromatic N) is 2. The summed E-state index contributed by atoms with van der Waals surface area (Å²) in [7, 11) is 1.90. The van der Waals surface area contributed by atoms with Gasteiger partial charge >= 0.3 is 0 Å². The summed E-state index contributed by atoms with van der Waals surface area (Å²) < 4.78 is 21.5. The zero-order valence-electron chi connectivity index (χ0n) is 20.7. The lowest BCUT2D eigenvalue weighted by atomic mass is 10.2. The fourth-order valence-electron chi connectivity index (χ4n) is 3.64. The van der Waals surface area contributed by atoms with E-state index >= 15 is 0 Å². The number of anilines is 2. The van der Waals surface area contributed by atoms with Crippen molar-refractivity contribution in [2.45, 2.75) is 13.3 Å². The van der Waals surface area contributed by atoms with Crippen molar-refractivity contribution >= 4 is 50.4 Å². The van der Waals surface area contributed by atoms with Gasteiger partial charge in [-0.15, -0.1) is 11.3 Å². The average Bonchev–Trinajstić information content (AvgIpc) is 3.32. The molecule has 2 heterocycles. The molecule has 0 radical (unpaired) electrons. The lowest BCUT2D eigenvalue weighted by Crippen LogP contribution is -2.21. The van der Waals surface area contributed by atoms with Crippen molar-refractivity contribution in [2.75, 3.05) is 17.7 Å². The standard InChI is InChI=1S/C28H25FN4O4S/c1-4-21(33(3)5-2)25-15-20-28(38-25)24(12-13-30-20)37-23-11-10-17(14-18(23)29)31-26(35)16-27(36)32-19-8-6-7-9-22(19)34/h4-15,34H,2,16H2,1,3H3,(H,31,35)(H,32,36)/b21-4-. The summed E-state index contributed by atoms with van der Waals surface area (Å²) in [6.07, 6.45) is 4.75. The molecule has 0 aliphatic rings. The zero-order valence-corrected chi connectivity index (χ0v) is 21.5. The van der Waals surface area contributed by atoms with Crippen molar-refractivity contribution in [2.24, 2.45) is 0 Å². The third kappa shape index (κ3) is 5.98. The topological polar surface area (TPSA) is 104 Å². The van der Waals surface area contributed by atoms with E-state index in [-0.39, 0.29) is 22.9 Å². The first kappa shape index (κ1) is 26.4. The zero-order chi connectivity index (χ0) is 27.2. The number of hydrogen-bond acceptors (Lipinski definition) is 7. The maximum atomic E-state index is 14.9. The minimum Gasteiger partial charge on any atom is -0.506 e. The second kappa shape index (κ2) is 11.6. The molecule has 0 bridgehead atoms. The third-order valence-electron chi connectivity index (χ3n) is 5.49. The molecule has 2 aromatic heterocycles. The molecule has 194 valence electrons. The van der Waals surface area contributed by atoms with E-state index < -0.39 is 24.1 Å². The quantitative estimate of drug-likeness (QED) is 0.172. The number of para-hydroxylation sites is 2. The Balaban J connectivity index is 1.45. The van der Waals surface area contributed by atoms with Crippen molar-refractivity contribution in [3.63, 3.8) is 0 Å². The van der Waals surface area contributed by atoms with E-state index in [4.69, 9.17) is 4.74 Å². The number of aromatic hydroxyl groups is 1. The first-order valence-corrected chi connectivity index (χ1v) is 12.4. The Morgan fingerprint density at radius 3 is 2.61 bits per heavy atom. The Bertz CT molecular complexity index is 1550. The van der Waals surface area contributed by atoms with Crippen LogP contribution >= 0.6 is 11.3 Å². The highest BCUT2D eigenvalue weighted by Crippen LogP contribution is 2.38. The number of nitrogens with one attached hydrogen (secondary N) is 2. The number of aromatic nitrogens is 1. The molecule has 0 fully saturated rings. The summed E-state index contributed by atoms with van der Waals surface area (Å²) in [5.74, 6) is -1.66. The van der Waals surface area contributed by atoms with Crippen LogP contribution in [0.25, 0.3) is 15.9 Å². The van der Waals surface area contributed by atoms with Crippen LogP contribution in [0.1, 0.15) is 18.2 Å². The van der Waals surface area contributed by atoms with Gasteiger partial charge in [0.1, 0.15) is 17.9 Å². The molecular formula is C28H25FN4O4S. The van der Waals surface area contributed by atoms with Crippen molar-refractivity contribution in [3.05, 3.63) is 90.3 Å².